The van der Waals surface area contributed by atoms with Crippen molar-refractivity contribution in [2.75, 3.05) is 6.79 Å². The summed E-state index contributed by atoms with van der Waals surface area (Å²) in [7, 11) is 0. The van der Waals surface area contributed by atoms with Crippen LogP contribution in [0.2, 0.25) is 0 Å². The van der Waals surface area contributed by atoms with Gasteiger partial charge in [0.05, 0.1) is 0 Å². The molecule has 0 aromatic rings. The van der Waals surface area contributed by atoms with Gasteiger partial charge in [0.25, 0.3) is 0 Å². The van der Waals surface area contributed by atoms with Gasteiger partial charge in [-0.15, -0.1) is 0 Å². The minimum absolute atomic E-state index is 0.246. The highest BCUT2D eigenvalue weighted by atomic mass is 16.7. The van der Waals surface area contributed by atoms with Gasteiger partial charge in [0.2, 0.25) is 6.79 Å². The zero-order chi connectivity index (χ0) is 5.66. The van der Waals surface area contributed by atoms with Gasteiger partial charge in [0.15, 0.2) is 0 Å². The van der Waals surface area contributed by atoms with E-state index in [0.29, 0.717) is 0 Å². The summed E-state index contributed by atoms with van der Waals surface area (Å²) in [5.41, 5.74) is 0. The lowest BCUT2D eigenvalue weighted by Crippen LogP contribution is -1.90. The van der Waals surface area contributed by atoms with Gasteiger partial charge in [-0.1, -0.05) is 0 Å². The van der Waals surface area contributed by atoms with Crippen LogP contribution in [0.5, 0.6) is 0 Å². The minimum Gasteiger partial charge on any atom is -0.466 e. The van der Waals surface area contributed by atoms with Crippen LogP contribution in [0.3, 0.4) is 0 Å². The maximum atomic E-state index is 4.70. The lowest BCUT2D eigenvalue weighted by Gasteiger charge is -2.01. The van der Waals surface area contributed by atoms with E-state index in [1.807, 2.05) is 0 Å². The van der Waals surface area contributed by atoms with Crippen molar-refractivity contribution < 1.29 is 14.2 Å². The molecule has 0 aliphatic carbocycles. The highest BCUT2D eigenvalue weighted by molar-refractivity contribution is 4.70. The molecular formula is C5H6O3. The van der Waals surface area contributed by atoms with E-state index >= 15 is 0 Å². The quantitative estimate of drug-likeness (QED) is 0.469. The van der Waals surface area contributed by atoms with Crippen LogP contribution >= 0.6 is 0 Å². The molecule has 0 unspecified atom stereocenters. The molecule has 1 rings (SSSR count). The van der Waals surface area contributed by atoms with Gasteiger partial charge in [0, 0.05) is 0 Å². The Morgan fingerprint density at radius 2 is 1.50 bits per heavy atom. The minimum atomic E-state index is 0.246. The zero-order valence-electron chi connectivity index (χ0n) is 4.24. The van der Waals surface area contributed by atoms with E-state index in [1.54, 1.807) is 0 Å². The number of hydrogen-bond acceptors (Lipinski definition) is 3. The fourth-order valence-electron chi connectivity index (χ4n) is 0.306. The second-order valence-corrected chi connectivity index (χ2v) is 1.13. The molecule has 0 radical (unpaired) electrons. The van der Waals surface area contributed by atoms with Crippen molar-refractivity contribution in [1.29, 1.82) is 0 Å². The van der Waals surface area contributed by atoms with Crippen molar-refractivity contribution in [3.05, 3.63) is 25.0 Å². The third-order valence-corrected chi connectivity index (χ3v) is 0.597. The molecule has 44 valence electrons. The van der Waals surface area contributed by atoms with Crippen molar-refractivity contribution in [2.45, 2.75) is 0 Å². The fourth-order valence-corrected chi connectivity index (χ4v) is 0.306. The predicted octanol–water partition coefficient (Wildman–Crippen LogP) is 0.950. The van der Waals surface area contributed by atoms with Crippen LogP contribution < -0.4 is 0 Å². The van der Waals surface area contributed by atoms with Crippen LogP contribution in [0, 0.1) is 0 Å². The third kappa shape index (κ3) is 1.55. The molecule has 0 aromatic carbocycles. The monoisotopic (exact) mass is 114 g/mol. The molecule has 1 heterocycles. The molecule has 0 amide bonds. The Morgan fingerprint density at radius 1 is 0.875 bits per heavy atom. The van der Waals surface area contributed by atoms with Crippen molar-refractivity contribution in [2.24, 2.45) is 0 Å². The van der Waals surface area contributed by atoms with E-state index in [9.17, 15) is 0 Å². The van der Waals surface area contributed by atoms with E-state index < -0.39 is 0 Å². The molecule has 0 fully saturated rings. The van der Waals surface area contributed by atoms with Crippen molar-refractivity contribution in [1.82, 2.24) is 0 Å². The summed E-state index contributed by atoms with van der Waals surface area (Å²) in [5, 5.41) is 0. The number of hydrogen-bond donors (Lipinski definition) is 0. The molecule has 0 aromatic heterocycles. The maximum absolute atomic E-state index is 4.70. The van der Waals surface area contributed by atoms with E-state index in [0.717, 1.165) is 0 Å². The van der Waals surface area contributed by atoms with Crippen molar-refractivity contribution in [3.8, 4) is 0 Å². The second-order valence-electron chi connectivity index (χ2n) is 1.13. The molecule has 0 N–H and O–H groups in total. The topological polar surface area (TPSA) is 27.7 Å². The lowest BCUT2D eigenvalue weighted by molar-refractivity contribution is 0.0341. The molecule has 3 heteroatoms. The van der Waals surface area contributed by atoms with Crippen molar-refractivity contribution in [3.63, 3.8) is 0 Å². The van der Waals surface area contributed by atoms with Crippen molar-refractivity contribution >= 4 is 0 Å². The standard InChI is InChI=1S/C5H6O3/c1-3-7-5-8-4-2-6-1/h1-4H,5H2/b3-1-,4-2-. The van der Waals surface area contributed by atoms with Gasteiger partial charge >= 0.3 is 0 Å². The van der Waals surface area contributed by atoms with E-state index in [2.05, 4.69) is 4.74 Å². The van der Waals surface area contributed by atoms with Gasteiger partial charge in [-0.2, -0.15) is 0 Å². The molecule has 1 aliphatic heterocycles. The molecule has 8 heavy (non-hydrogen) atoms. The number of ether oxygens (including phenoxy) is 3. The van der Waals surface area contributed by atoms with Crippen LogP contribution in [0.25, 0.3) is 0 Å². The molecule has 1 aliphatic rings. The summed E-state index contributed by atoms with van der Waals surface area (Å²) < 4.78 is 14.1. The molecule has 3 nitrogen and oxygen atoms in total. The van der Waals surface area contributed by atoms with E-state index in [-0.39, 0.29) is 6.79 Å². The van der Waals surface area contributed by atoms with Crippen LogP contribution in [-0.4, -0.2) is 6.79 Å². The number of rotatable bonds is 0. The molecule has 0 saturated carbocycles. The average Bonchev–Trinajstić information content (AvgIpc) is 1.62. The van der Waals surface area contributed by atoms with Gasteiger partial charge in [-0.25, -0.2) is 0 Å². The Hall–Kier alpha value is -1.12. The van der Waals surface area contributed by atoms with Crippen LogP contribution in [-0.2, 0) is 14.2 Å². The smallest absolute Gasteiger partial charge is 0.229 e. The first-order chi connectivity index (χ1) is 4.00. The molecule has 0 saturated heterocycles. The summed E-state index contributed by atoms with van der Waals surface area (Å²) >= 11 is 0. The molecule has 0 atom stereocenters. The van der Waals surface area contributed by atoms with Gasteiger partial charge in [0.1, 0.15) is 25.0 Å². The average molecular weight is 114 g/mol. The highest BCUT2D eigenvalue weighted by Gasteiger charge is 1.80. The maximum Gasteiger partial charge on any atom is 0.229 e. The van der Waals surface area contributed by atoms with Gasteiger partial charge in [-0.05, 0) is 0 Å². The Morgan fingerprint density at radius 3 is 2.12 bits per heavy atom. The largest absolute Gasteiger partial charge is 0.466 e. The highest BCUT2D eigenvalue weighted by Crippen LogP contribution is 1.89. The zero-order valence-corrected chi connectivity index (χ0v) is 4.24. The molecule has 0 spiro atoms. The van der Waals surface area contributed by atoms with E-state index in [1.165, 1.54) is 25.0 Å². The predicted molar refractivity (Wildman–Crippen MR) is 26.4 cm³/mol. The van der Waals surface area contributed by atoms with Crippen LogP contribution in [0.4, 0.5) is 0 Å². The first kappa shape index (κ1) is 5.03. The van der Waals surface area contributed by atoms with Gasteiger partial charge < -0.3 is 14.2 Å². The second kappa shape index (κ2) is 2.96. The normalized spacial score (nSPS) is 25.0. The Labute approximate surface area is 47.2 Å². The fraction of sp³-hybridized carbons (Fsp3) is 0.200. The SMILES string of the molecule is C1=C\OCO/C=C\O/1. The Balaban J connectivity index is 2.31. The van der Waals surface area contributed by atoms with Crippen LogP contribution in [0.15, 0.2) is 25.0 Å². The Kier molecular flexibility index (Phi) is 1.86. The summed E-state index contributed by atoms with van der Waals surface area (Å²) in [4.78, 5) is 0. The summed E-state index contributed by atoms with van der Waals surface area (Å²) in [6, 6.07) is 0. The van der Waals surface area contributed by atoms with Gasteiger partial charge in [-0.3, -0.25) is 0 Å². The summed E-state index contributed by atoms with van der Waals surface area (Å²) in [6.45, 7) is 0.246. The van der Waals surface area contributed by atoms with E-state index in [4.69, 9.17) is 9.47 Å². The third-order valence-electron chi connectivity index (χ3n) is 0.597. The van der Waals surface area contributed by atoms with Crippen LogP contribution in [0.1, 0.15) is 0 Å². The Bertz CT molecular complexity index is 94.2. The lowest BCUT2D eigenvalue weighted by atomic mass is 10.9. The summed E-state index contributed by atoms with van der Waals surface area (Å²) in [6.07, 6.45) is 5.70. The first-order valence-corrected chi connectivity index (χ1v) is 2.19. The summed E-state index contributed by atoms with van der Waals surface area (Å²) in [5.74, 6) is 0. The molecule has 0 bridgehead atoms. The molecular weight excluding hydrogens is 108 g/mol. The first-order valence-electron chi connectivity index (χ1n) is 2.19.